The van der Waals surface area contributed by atoms with Gasteiger partial charge in [-0.2, -0.15) is 8.42 Å². The van der Waals surface area contributed by atoms with Crippen molar-refractivity contribution in [2.24, 2.45) is 5.73 Å². The molecule has 3 N–H and O–H groups in total. The van der Waals surface area contributed by atoms with Crippen LogP contribution in [0.3, 0.4) is 0 Å². The van der Waals surface area contributed by atoms with Gasteiger partial charge in [-0.05, 0) is 0 Å². The van der Waals surface area contributed by atoms with Gasteiger partial charge in [0.1, 0.15) is 5.75 Å². The van der Waals surface area contributed by atoms with Gasteiger partial charge in [-0.1, -0.05) is 0 Å². The normalized spacial score (nSPS) is 13.6. The molecule has 10 heavy (non-hydrogen) atoms. The Kier molecular flexibility index (Phi) is 2.69. The number of hydrogen-bond acceptors (Lipinski definition) is 3. The third kappa shape index (κ3) is 4.59. The Morgan fingerprint density at radius 1 is 1.50 bits per heavy atom. The van der Waals surface area contributed by atoms with Gasteiger partial charge in [0.2, 0.25) is 0 Å². The van der Waals surface area contributed by atoms with Crippen molar-refractivity contribution in [1.82, 2.24) is 0 Å². The van der Waals surface area contributed by atoms with Crippen LogP contribution in [0.2, 0.25) is 0 Å². The number of hydrogen-bond donors (Lipinski definition) is 2. The lowest BCUT2D eigenvalue weighted by Gasteiger charge is -2.09. The maximum Gasteiger partial charge on any atom is 0.276 e. The molecule has 0 bridgehead atoms. The highest BCUT2D eigenvalue weighted by molar-refractivity contribution is 7.85. The number of rotatable bonds is 3. The molecule has 0 amide bonds. The van der Waals surface area contributed by atoms with Crippen molar-refractivity contribution < 1.29 is 21.8 Å². The second kappa shape index (κ2) is 2.77. The lowest BCUT2D eigenvalue weighted by atomic mass is 10.4. The Morgan fingerprint density at radius 2 is 1.90 bits per heavy atom. The van der Waals surface area contributed by atoms with E-state index in [2.05, 4.69) is 5.73 Å². The third-order valence-corrected chi connectivity index (χ3v) is 1.48. The highest BCUT2D eigenvalue weighted by Crippen LogP contribution is 2.12. The quantitative estimate of drug-likeness (QED) is 0.565. The Bertz CT molecular complexity index is 200. The van der Waals surface area contributed by atoms with E-state index in [-0.39, 0.29) is 0 Å². The lowest BCUT2D eigenvalue weighted by Crippen LogP contribution is -2.35. The molecule has 0 aliphatic rings. The van der Waals surface area contributed by atoms with Crippen LogP contribution in [0.5, 0.6) is 0 Å². The zero-order valence-corrected chi connectivity index (χ0v) is 5.74. The zero-order chi connectivity index (χ0) is 8.41. The van der Waals surface area contributed by atoms with Gasteiger partial charge in [0, 0.05) is 0 Å². The summed E-state index contributed by atoms with van der Waals surface area (Å²) in [5, 5.41) is 0. The molecule has 7 heteroatoms. The SMILES string of the molecule is NCC(F)(F)CS(=O)(=O)O. The van der Waals surface area contributed by atoms with Gasteiger partial charge in [0.05, 0.1) is 6.54 Å². The van der Waals surface area contributed by atoms with E-state index in [0.29, 0.717) is 0 Å². The Labute approximate surface area is 56.8 Å². The Morgan fingerprint density at radius 3 is 2.00 bits per heavy atom. The molecular weight excluding hydrogens is 168 g/mol. The third-order valence-electron chi connectivity index (χ3n) is 0.692. The van der Waals surface area contributed by atoms with Crippen LogP contribution in [0.1, 0.15) is 0 Å². The highest BCUT2D eigenvalue weighted by atomic mass is 32.2. The molecule has 4 nitrogen and oxygen atoms in total. The van der Waals surface area contributed by atoms with Crippen LogP contribution in [-0.4, -0.2) is 31.2 Å². The van der Waals surface area contributed by atoms with E-state index < -0.39 is 28.3 Å². The van der Waals surface area contributed by atoms with E-state index in [1.807, 2.05) is 0 Å². The molecule has 0 aromatic heterocycles. The molecule has 62 valence electrons. The molecule has 0 atom stereocenters. The summed E-state index contributed by atoms with van der Waals surface area (Å²) in [6, 6.07) is 0. The van der Waals surface area contributed by atoms with Gasteiger partial charge in [0.25, 0.3) is 16.0 Å². The van der Waals surface area contributed by atoms with Crippen molar-refractivity contribution in [3.8, 4) is 0 Å². The second-order valence-electron chi connectivity index (χ2n) is 1.79. The molecule has 0 aliphatic heterocycles. The van der Waals surface area contributed by atoms with Gasteiger partial charge in [-0.25, -0.2) is 8.78 Å². The molecule has 0 unspecified atom stereocenters. The first-order valence-electron chi connectivity index (χ1n) is 2.30. The average molecular weight is 175 g/mol. The van der Waals surface area contributed by atoms with E-state index in [9.17, 15) is 17.2 Å². The van der Waals surface area contributed by atoms with Crippen molar-refractivity contribution in [1.29, 1.82) is 0 Å². The fourth-order valence-corrected chi connectivity index (χ4v) is 0.977. The molecule has 0 fully saturated rings. The van der Waals surface area contributed by atoms with Gasteiger partial charge >= 0.3 is 0 Å². The van der Waals surface area contributed by atoms with Gasteiger partial charge < -0.3 is 5.73 Å². The van der Waals surface area contributed by atoms with Crippen LogP contribution in [0.15, 0.2) is 0 Å². The topological polar surface area (TPSA) is 80.4 Å². The monoisotopic (exact) mass is 175 g/mol. The van der Waals surface area contributed by atoms with Crippen LogP contribution in [0.4, 0.5) is 8.78 Å². The van der Waals surface area contributed by atoms with Crippen LogP contribution in [-0.2, 0) is 10.1 Å². The number of nitrogens with two attached hydrogens (primary N) is 1. The molecule has 0 saturated carbocycles. The molecule has 0 aromatic rings. The first-order chi connectivity index (χ1) is 4.27. The Balaban J connectivity index is 4.16. The first kappa shape index (κ1) is 9.73. The molecular formula is C3H7F2NO3S. The fourth-order valence-electron chi connectivity index (χ4n) is 0.326. The minimum atomic E-state index is -4.62. The van der Waals surface area contributed by atoms with E-state index in [1.54, 1.807) is 0 Å². The molecule has 0 aliphatic carbocycles. The van der Waals surface area contributed by atoms with Crippen molar-refractivity contribution in [2.45, 2.75) is 5.92 Å². The second-order valence-corrected chi connectivity index (χ2v) is 3.24. The van der Waals surface area contributed by atoms with Crippen LogP contribution in [0.25, 0.3) is 0 Å². The number of halogens is 2. The zero-order valence-electron chi connectivity index (χ0n) is 4.92. The smallest absolute Gasteiger partial charge is 0.276 e. The van der Waals surface area contributed by atoms with Crippen LogP contribution in [0, 0.1) is 0 Å². The average Bonchev–Trinajstić information content (AvgIpc) is 1.60. The maximum atomic E-state index is 12.0. The van der Waals surface area contributed by atoms with E-state index in [0.717, 1.165) is 0 Å². The molecule has 0 rings (SSSR count). The largest absolute Gasteiger partial charge is 0.325 e. The summed E-state index contributed by atoms with van der Waals surface area (Å²) in [7, 11) is -4.62. The van der Waals surface area contributed by atoms with Gasteiger partial charge in [0.15, 0.2) is 0 Å². The Hall–Kier alpha value is -0.270. The summed E-state index contributed by atoms with van der Waals surface area (Å²) in [6.07, 6.45) is 0. The summed E-state index contributed by atoms with van der Waals surface area (Å²) in [5.74, 6) is -5.15. The minimum Gasteiger partial charge on any atom is -0.325 e. The predicted molar refractivity (Wildman–Crippen MR) is 30.4 cm³/mol. The summed E-state index contributed by atoms with van der Waals surface area (Å²) in [6.45, 7) is -1.09. The first-order valence-corrected chi connectivity index (χ1v) is 3.91. The maximum absolute atomic E-state index is 12.0. The van der Waals surface area contributed by atoms with Gasteiger partial charge in [-0.15, -0.1) is 0 Å². The van der Waals surface area contributed by atoms with E-state index in [4.69, 9.17) is 4.55 Å². The molecule has 0 heterocycles. The summed E-state index contributed by atoms with van der Waals surface area (Å²) >= 11 is 0. The summed E-state index contributed by atoms with van der Waals surface area (Å²) in [5.41, 5.74) is 4.49. The van der Waals surface area contributed by atoms with Crippen LogP contribution >= 0.6 is 0 Å². The van der Waals surface area contributed by atoms with Gasteiger partial charge in [-0.3, -0.25) is 4.55 Å². The van der Waals surface area contributed by atoms with E-state index >= 15 is 0 Å². The van der Waals surface area contributed by atoms with Crippen LogP contribution < -0.4 is 5.73 Å². The number of alkyl halides is 2. The van der Waals surface area contributed by atoms with Crippen molar-refractivity contribution in [3.63, 3.8) is 0 Å². The predicted octanol–water partition coefficient (Wildman–Crippen LogP) is -0.532. The molecule has 0 spiro atoms. The highest BCUT2D eigenvalue weighted by Gasteiger charge is 2.32. The van der Waals surface area contributed by atoms with Crippen molar-refractivity contribution in [2.75, 3.05) is 12.3 Å². The summed E-state index contributed by atoms with van der Waals surface area (Å²) < 4.78 is 51.5. The van der Waals surface area contributed by atoms with E-state index in [1.165, 1.54) is 0 Å². The minimum absolute atomic E-state index is 1.09. The fraction of sp³-hybridized carbons (Fsp3) is 1.00. The summed E-state index contributed by atoms with van der Waals surface area (Å²) in [4.78, 5) is 0. The van der Waals surface area contributed by atoms with Crippen molar-refractivity contribution in [3.05, 3.63) is 0 Å². The molecule has 0 aromatic carbocycles. The molecule has 0 radical (unpaired) electrons. The lowest BCUT2D eigenvalue weighted by molar-refractivity contribution is 0.0343. The molecule has 0 saturated heterocycles. The standard InChI is InChI=1S/C3H7F2NO3S/c4-3(5,1-6)2-10(7,8)9/h1-2,6H2,(H,7,8,9). The van der Waals surface area contributed by atoms with Crippen molar-refractivity contribution >= 4 is 10.1 Å².